The number of aromatic nitrogens is 2. The van der Waals surface area contributed by atoms with Crippen LogP contribution in [0.1, 0.15) is 29.5 Å². The number of nitrogens with zero attached hydrogens (tertiary/aromatic N) is 3. The van der Waals surface area contributed by atoms with Gasteiger partial charge in [-0.25, -0.2) is 0 Å². The molecule has 1 aliphatic heterocycles. The first kappa shape index (κ1) is 22.0. The number of carboxylic acids is 1. The monoisotopic (exact) mass is 485 g/mol. The summed E-state index contributed by atoms with van der Waals surface area (Å²) in [5.74, 6) is 0.162. The predicted octanol–water partition coefficient (Wildman–Crippen LogP) is 6.21. The lowest BCUT2D eigenvalue weighted by atomic mass is 9.79. The number of aryl methyl sites for hydroxylation is 1. The molecule has 0 spiro atoms. The van der Waals surface area contributed by atoms with Crippen molar-refractivity contribution in [2.24, 2.45) is 5.92 Å². The van der Waals surface area contributed by atoms with E-state index in [0.29, 0.717) is 17.8 Å². The molecule has 6 nitrogen and oxygen atoms in total. The third-order valence-electron chi connectivity index (χ3n) is 7.25. The molecule has 2 heterocycles. The second kappa shape index (κ2) is 8.63. The van der Waals surface area contributed by atoms with E-state index in [1.165, 1.54) is 11.1 Å². The molecule has 1 saturated carbocycles. The van der Waals surface area contributed by atoms with Crippen molar-refractivity contribution >= 4 is 17.6 Å². The largest absolute Gasteiger partial charge is 0.481 e. The van der Waals surface area contributed by atoms with Crippen LogP contribution in [0.5, 0.6) is 0 Å². The fraction of sp³-hybridized carbons (Fsp3) is 0.250. The van der Waals surface area contributed by atoms with Crippen LogP contribution >= 0.6 is 11.6 Å². The van der Waals surface area contributed by atoms with Gasteiger partial charge < -0.3 is 9.63 Å². The van der Waals surface area contributed by atoms with E-state index in [2.05, 4.69) is 27.2 Å². The summed E-state index contributed by atoms with van der Waals surface area (Å²) in [6.07, 6.45) is 1.47. The van der Waals surface area contributed by atoms with Gasteiger partial charge in [-0.15, -0.1) is 0 Å². The van der Waals surface area contributed by atoms with Crippen molar-refractivity contribution in [3.05, 3.63) is 82.4 Å². The van der Waals surface area contributed by atoms with E-state index in [1.807, 2.05) is 55.5 Å². The standard InChI is InChI=1S/C28H24ClN3O3/c1-16-10-18(8-9-23(16)24-4-2-3-5-25(24)29)27-30-26(31-35-27)17-6-7-19-14-32(15-21(19)11-17)22-12-20(13-22)28(33)34/h2-11,20,22H,12-15H2,1H3,(H,33,34). The second-order valence-electron chi connectivity index (χ2n) is 9.48. The molecular formula is C28H24ClN3O3. The van der Waals surface area contributed by atoms with Crippen molar-refractivity contribution in [2.45, 2.75) is 38.9 Å². The molecular weight excluding hydrogens is 462 g/mol. The Morgan fingerprint density at radius 1 is 1.00 bits per heavy atom. The predicted molar refractivity (Wildman–Crippen MR) is 134 cm³/mol. The topological polar surface area (TPSA) is 79.5 Å². The zero-order chi connectivity index (χ0) is 24.1. The molecule has 6 rings (SSSR count). The molecule has 0 bridgehead atoms. The Bertz CT molecular complexity index is 1440. The first-order valence-electron chi connectivity index (χ1n) is 11.7. The summed E-state index contributed by atoms with van der Waals surface area (Å²) in [7, 11) is 0. The Balaban J connectivity index is 1.20. The summed E-state index contributed by atoms with van der Waals surface area (Å²) in [5, 5.41) is 14.1. The zero-order valence-corrected chi connectivity index (χ0v) is 20.0. The van der Waals surface area contributed by atoms with E-state index in [4.69, 9.17) is 21.2 Å². The van der Waals surface area contributed by atoms with Gasteiger partial charge in [0.05, 0.1) is 5.92 Å². The highest BCUT2D eigenvalue weighted by Crippen LogP contribution is 2.38. The fourth-order valence-electron chi connectivity index (χ4n) is 5.14. The van der Waals surface area contributed by atoms with Crippen molar-refractivity contribution in [1.82, 2.24) is 15.0 Å². The lowest BCUT2D eigenvalue weighted by Gasteiger charge is -2.39. The third-order valence-corrected chi connectivity index (χ3v) is 7.58. The normalized spacial score (nSPS) is 19.4. The maximum Gasteiger partial charge on any atom is 0.306 e. The van der Waals surface area contributed by atoms with Gasteiger partial charge in [-0.05, 0) is 66.3 Å². The minimum Gasteiger partial charge on any atom is -0.481 e. The highest BCUT2D eigenvalue weighted by atomic mass is 35.5. The van der Waals surface area contributed by atoms with Gasteiger partial charge in [-0.2, -0.15) is 4.98 Å². The maximum absolute atomic E-state index is 11.1. The van der Waals surface area contributed by atoms with Crippen molar-refractivity contribution < 1.29 is 14.4 Å². The van der Waals surface area contributed by atoms with E-state index in [-0.39, 0.29) is 5.92 Å². The molecule has 1 aromatic heterocycles. The molecule has 0 amide bonds. The molecule has 0 unspecified atom stereocenters. The number of fused-ring (bicyclic) bond motifs is 1. The Labute approximate surface area is 208 Å². The van der Waals surface area contributed by atoms with Crippen molar-refractivity contribution in [3.8, 4) is 34.0 Å². The summed E-state index contributed by atoms with van der Waals surface area (Å²) in [6, 6.07) is 20.5. The van der Waals surface area contributed by atoms with Crippen molar-refractivity contribution in [1.29, 1.82) is 0 Å². The van der Waals surface area contributed by atoms with Crippen molar-refractivity contribution in [3.63, 3.8) is 0 Å². The van der Waals surface area contributed by atoms with E-state index in [9.17, 15) is 4.79 Å². The number of rotatable bonds is 5. The molecule has 1 aliphatic carbocycles. The molecule has 176 valence electrons. The van der Waals surface area contributed by atoms with Gasteiger partial charge in [0.25, 0.3) is 5.89 Å². The second-order valence-corrected chi connectivity index (χ2v) is 9.89. The van der Waals surface area contributed by atoms with Crippen LogP contribution < -0.4 is 0 Å². The molecule has 35 heavy (non-hydrogen) atoms. The fourth-order valence-corrected chi connectivity index (χ4v) is 5.38. The van der Waals surface area contributed by atoms with Gasteiger partial charge in [0.2, 0.25) is 5.82 Å². The van der Waals surface area contributed by atoms with Gasteiger partial charge in [0.1, 0.15) is 0 Å². The third kappa shape index (κ3) is 4.03. The van der Waals surface area contributed by atoms with Crippen LogP contribution in [-0.4, -0.2) is 32.2 Å². The Morgan fingerprint density at radius 2 is 1.77 bits per heavy atom. The van der Waals surface area contributed by atoms with Crippen LogP contribution in [0.3, 0.4) is 0 Å². The van der Waals surface area contributed by atoms with Crippen LogP contribution in [0.2, 0.25) is 5.02 Å². The average Bonchev–Trinajstić information content (AvgIpc) is 3.45. The van der Waals surface area contributed by atoms with Crippen LogP contribution in [-0.2, 0) is 17.9 Å². The first-order chi connectivity index (χ1) is 17.0. The summed E-state index contributed by atoms with van der Waals surface area (Å²) < 4.78 is 5.62. The average molecular weight is 486 g/mol. The Hall–Kier alpha value is -3.48. The molecule has 1 fully saturated rings. The number of carboxylic acid groups (broad SMARTS) is 1. The molecule has 2 aliphatic rings. The molecule has 0 saturated heterocycles. The first-order valence-corrected chi connectivity index (χ1v) is 12.1. The van der Waals surface area contributed by atoms with Gasteiger partial charge in [-0.3, -0.25) is 9.69 Å². The highest BCUT2D eigenvalue weighted by Gasteiger charge is 2.39. The maximum atomic E-state index is 11.1. The van der Waals surface area contributed by atoms with Gasteiger partial charge >= 0.3 is 5.97 Å². The lowest BCUT2D eigenvalue weighted by molar-refractivity contribution is -0.147. The number of benzene rings is 3. The molecule has 7 heteroatoms. The highest BCUT2D eigenvalue weighted by molar-refractivity contribution is 6.33. The van der Waals surface area contributed by atoms with Crippen LogP contribution in [0.15, 0.2) is 65.2 Å². The number of halogens is 1. The van der Waals surface area contributed by atoms with Crippen molar-refractivity contribution in [2.75, 3.05) is 0 Å². The Kier molecular flexibility index (Phi) is 5.43. The van der Waals surface area contributed by atoms with Crippen LogP contribution in [0.4, 0.5) is 0 Å². The van der Waals surface area contributed by atoms with Gasteiger partial charge in [0, 0.05) is 40.8 Å². The summed E-state index contributed by atoms with van der Waals surface area (Å²) in [4.78, 5) is 18.2. The minimum absolute atomic E-state index is 0.195. The van der Waals surface area contributed by atoms with Crippen LogP contribution in [0, 0.1) is 12.8 Å². The van der Waals surface area contributed by atoms with E-state index in [1.54, 1.807) is 0 Å². The summed E-state index contributed by atoms with van der Waals surface area (Å²) >= 11 is 6.39. The number of aliphatic carboxylic acids is 1. The van der Waals surface area contributed by atoms with E-state index >= 15 is 0 Å². The molecule has 0 atom stereocenters. The van der Waals surface area contributed by atoms with Crippen LogP contribution in [0.25, 0.3) is 34.0 Å². The number of carbonyl (C=O) groups is 1. The quantitative estimate of drug-likeness (QED) is 0.362. The van der Waals surface area contributed by atoms with E-state index in [0.717, 1.165) is 58.8 Å². The number of hydrogen-bond donors (Lipinski definition) is 1. The van der Waals surface area contributed by atoms with Gasteiger partial charge in [0.15, 0.2) is 0 Å². The zero-order valence-electron chi connectivity index (χ0n) is 19.2. The minimum atomic E-state index is -0.679. The molecule has 1 N–H and O–H groups in total. The van der Waals surface area contributed by atoms with Gasteiger partial charge in [-0.1, -0.05) is 53.2 Å². The summed E-state index contributed by atoms with van der Waals surface area (Å²) in [5.41, 5.74) is 7.45. The lowest BCUT2D eigenvalue weighted by Crippen LogP contribution is -2.44. The smallest absolute Gasteiger partial charge is 0.306 e. The number of hydrogen-bond acceptors (Lipinski definition) is 5. The Morgan fingerprint density at radius 3 is 2.54 bits per heavy atom. The molecule has 0 radical (unpaired) electrons. The SMILES string of the molecule is Cc1cc(-c2nc(-c3ccc4c(c3)CN(C3CC(C(=O)O)C3)C4)no2)ccc1-c1ccccc1Cl. The molecule has 3 aromatic carbocycles. The molecule has 4 aromatic rings. The summed E-state index contributed by atoms with van der Waals surface area (Å²) in [6.45, 7) is 3.74. The van der Waals surface area contributed by atoms with E-state index < -0.39 is 5.97 Å².